The van der Waals surface area contributed by atoms with E-state index in [2.05, 4.69) is 11.0 Å². The monoisotopic (exact) mass is 358 g/mol. The summed E-state index contributed by atoms with van der Waals surface area (Å²) >= 11 is 0. The van der Waals surface area contributed by atoms with E-state index in [0.717, 1.165) is 69.7 Å². The van der Waals surface area contributed by atoms with Gasteiger partial charge >= 0.3 is 0 Å². The smallest absolute Gasteiger partial charge is 0.260 e. The molecular formula is C21H30N2O3. The fourth-order valence-corrected chi connectivity index (χ4v) is 4.88. The number of likely N-dealkylation sites (tertiary alicyclic amines) is 2. The zero-order valence-electron chi connectivity index (χ0n) is 15.5. The lowest BCUT2D eigenvalue weighted by Crippen LogP contribution is -2.38. The minimum absolute atomic E-state index is 0.0939. The number of rotatable bonds is 5. The summed E-state index contributed by atoms with van der Waals surface area (Å²) in [5.74, 6) is 2.21. The van der Waals surface area contributed by atoms with Gasteiger partial charge in [-0.2, -0.15) is 0 Å². The second kappa shape index (κ2) is 7.97. The van der Waals surface area contributed by atoms with Gasteiger partial charge in [0, 0.05) is 38.3 Å². The van der Waals surface area contributed by atoms with E-state index in [0.29, 0.717) is 11.8 Å². The molecule has 1 unspecified atom stereocenters. The Labute approximate surface area is 155 Å². The van der Waals surface area contributed by atoms with Crippen molar-refractivity contribution in [1.82, 2.24) is 9.80 Å². The van der Waals surface area contributed by atoms with Gasteiger partial charge in [0.1, 0.15) is 5.75 Å². The maximum Gasteiger partial charge on any atom is 0.260 e. The zero-order chi connectivity index (χ0) is 17.9. The van der Waals surface area contributed by atoms with Gasteiger partial charge in [-0.1, -0.05) is 18.2 Å². The molecule has 0 radical (unpaired) electrons. The van der Waals surface area contributed by atoms with E-state index in [-0.39, 0.29) is 18.6 Å². The second-order valence-electron chi connectivity index (χ2n) is 8.18. The number of ether oxygens (including phenoxy) is 1. The van der Waals surface area contributed by atoms with E-state index in [1.54, 1.807) is 0 Å². The molecule has 2 aliphatic heterocycles. The summed E-state index contributed by atoms with van der Waals surface area (Å²) in [5, 5.41) is 9.81. The number of piperidine rings is 1. The highest BCUT2D eigenvalue weighted by Gasteiger charge is 2.40. The predicted molar refractivity (Wildman–Crippen MR) is 99.9 cm³/mol. The third kappa shape index (κ3) is 4.04. The maximum atomic E-state index is 12.4. The van der Waals surface area contributed by atoms with E-state index in [1.807, 2.05) is 23.1 Å². The summed E-state index contributed by atoms with van der Waals surface area (Å²) in [4.78, 5) is 16.8. The largest absolute Gasteiger partial charge is 0.483 e. The molecule has 3 aliphatic rings. The van der Waals surface area contributed by atoms with Gasteiger partial charge < -0.3 is 14.7 Å². The van der Waals surface area contributed by atoms with E-state index in [1.165, 1.54) is 6.42 Å². The molecule has 4 rings (SSSR count). The van der Waals surface area contributed by atoms with Gasteiger partial charge in [0.05, 0.1) is 6.10 Å². The summed E-state index contributed by atoms with van der Waals surface area (Å²) in [6, 6.07) is 8.08. The Hall–Kier alpha value is -1.59. The molecule has 2 heterocycles. The average molecular weight is 358 g/mol. The van der Waals surface area contributed by atoms with Crippen molar-refractivity contribution >= 4 is 5.91 Å². The Morgan fingerprint density at radius 2 is 1.77 bits per heavy atom. The van der Waals surface area contributed by atoms with Crippen LogP contribution in [0.5, 0.6) is 5.75 Å². The standard InChI is InChI=1S/C21H30N2O3/c24-19-10-17-13-22(14-18(17)11-19)12-16-6-2-3-7-20(16)26-15-21(25)23-8-4-1-5-9-23/h2-3,6-7,17-19,24H,1,4-5,8-15H2/t17-,18+,19?. The van der Waals surface area contributed by atoms with Gasteiger partial charge in [-0.3, -0.25) is 9.69 Å². The molecule has 1 aliphatic carbocycles. The van der Waals surface area contributed by atoms with Gasteiger partial charge in [-0.25, -0.2) is 0 Å². The molecule has 26 heavy (non-hydrogen) atoms. The Bertz CT molecular complexity index is 615. The van der Waals surface area contributed by atoms with Crippen LogP contribution >= 0.6 is 0 Å². The van der Waals surface area contributed by atoms with Crippen LogP contribution in [0.1, 0.15) is 37.7 Å². The number of hydrogen-bond donors (Lipinski definition) is 1. The van der Waals surface area contributed by atoms with Crippen molar-refractivity contribution in [3.63, 3.8) is 0 Å². The Kier molecular flexibility index (Phi) is 5.46. The zero-order valence-corrected chi connectivity index (χ0v) is 15.5. The number of amides is 1. The molecule has 0 aromatic heterocycles. The number of fused-ring (bicyclic) bond motifs is 1. The van der Waals surface area contributed by atoms with Crippen LogP contribution < -0.4 is 4.74 Å². The first-order chi connectivity index (χ1) is 12.7. The van der Waals surface area contributed by atoms with E-state index >= 15 is 0 Å². The lowest BCUT2D eigenvalue weighted by molar-refractivity contribution is -0.134. The van der Waals surface area contributed by atoms with Crippen LogP contribution in [0.3, 0.4) is 0 Å². The first kappa shape index (κ1) is 17.8. The molecular weight excluding hydrogens is 328 g/mol. The van der Waals surface area contributed by atoms with E-state index in [9.17, 15) is 9.90 Å². The Morgan fingerprint density at radius 3 is 2.50 bits per heavy atom. The summed E-state index contributed by atoms with van der Waals surface area (Å²) in [6.45, 7) is 4.84. The van der Waals surface area contributed by atoms with Crippen LogP contribution in [0, 0.1) is 11.8 Å². The van der Waals surface area contributed by atoms with Crippen molar-refractivity contribution in [3.05, 3.63) is 29.8 Å². The average Bonchev–Trinajstić information content (AvgIpc) is 3.18. The number of carbonyl (C=O) groups is 1. The number of carbonyl (C=O) groups excluding carboxylic acids is 1. The number of para-hydroxylation sites is 1. The molecule has 1 aromatic carbocycles. The number of aliphatic hydroxyl groups is 1. The molecule has 0 spiro atoms. The first-order valence-corrected chi connectivity index (χ1v) is 10.1. The summed E-state index contributed by atoms with van der Waals surface area (Å²) in [6.07, 6.45) is 5.24. The molecule has 5 nitrogen and oxygen atoms in total. The quantitative estimate of drug-likeness (QED) is 0.877. The minimum Gasteiger partial charge on any atom is -0.483 e. The van der Waals surface area contributed by atoms with Crippen LogP contribution in [-0.2, 0) is 11.3 Å². The number of hydrogen-bond acceptors (Lipinski definition) is 4. The third-order valence-corrected chi connectivity index (χ3v) is 6.23. The van der Waals surface area contributed by atoms with Crippen LogP contribution in [0.15, 0.2) is 24.3 Å². The van der Waals surface area contributed by atoms with Crippen molar-refractivity contribution in [2.45, 2.75) is 44.8 Å². The Morgan fingerprint density at radius 1 is 1.08 bits per heavy atom. The number of benzene rings is 1. The third-order valence-electron chi connectivity index (χ3n) is 6.23. The van der Waals surface area contributed by atoms with Crippen LogP contribution in [0.2, 0.25) is 0 Å². The molecule has 2 saturated heterocycles. The van der Waals surface area contributed by atoms with Crippen molar-refractivity contribution in [1.29, 1.82) is 0 Å². The van der Waals surface area contributed by atoms with Gasteiger partial charge in [0.15, 0.2) is 6.61 Å². The van der Waals surface area contributed by atoms with Crippen LogP contribution in [0.25, 0.3) is 0 Å². The molecule has 3 fully saturated rings. The van der Waals surface area contributed by atoms with Gasteiger partial charge in [-0.05, 0) is 50.0 Å². The summed E-state index contributed by atoms with van der Waals surface area (Å²) in [7, 11) is 0. The van der Waals surface area contributed by atoms with Crippen molar-refractivity contribution in [2.75, 3.05) is 32.8 Å². The highest BCUT2D eigenvalue weighted by atomic mass is 16.5. The van der Waals surface area contributed by atoms with Crippen LogP contribution in [-0.4, -0.2) is 59.7 Å². The normalized spacial score (nSPS) is 29.0. The highest BCUT2D eigenvalue weighted by molar-refractivity contribution is 5.77. The molecule has 3 atom stereocenters. The topological polar surface area (TPSA) is 53.0 Å². The SMILES string of the molecule is O=C(COc1ccccc1CN1C[C@H]2CC(O)C[C@H]2C1)N1CCCCC1. The fraction of sp³-hybridized carbons (Fsp3) is 0.667. The molecule has 5 heteroatoms. The molecule has 1 N–H and O–H groups in total. The van der Waals surface area contributed by atoms with Crippen molar-refractivity contribution in [2.24, 2.45) is 11.8 Å². The predicted octanol–water partition coefficient (Wildman–Crippen LogP) is 2.28. The minimum atomic E-state index is -0.0939. The summed E-state index contributed by atoms with van der Waals surface area (Å²) < 4.78 is 5.92. The Balaban J connectivity index is 1.33. The summed E-state index contributed by atoms with van der Waals surface area (Å²) in [5.41, 5.74) is 1.15. The molecule has 142 valence electrons. The van der Waals surface area contributed by atoms with Gasteiger partial charge in [0.25, 0.3) is 5.91 Å². The number of nitrogens with zero attached hydrogens (tertiary/aromatic N) is 2. The molecule has 1 amide bonds. The number of aliphatic hydroxyl groups excluding tert-OH is 1. The van der Waals surface area contributed by atoms with Gasteiger partial charge in [0.2, 0.25) is 0 Å². The van der Waals surface area contributed by atoms with Gasteiger partial charge in [-0.15, -0.1) is 0 Å². The lowest BCUT2D eigenvalue weighted by Gasteiger charge is -2.27. The molecule has 0 bridgehead atoms. The van der Waals surface area contributed by atoms with Crippen molar-refractivity contribution in [3.8, 4) is 5.75 Å². The van der Waals surface area contributed by atoms with Crippen LogP contribution in [0.4, 0.5) is 0 Å². The molecule has 1 saturated carbocycles. The maximum absolute atomic E-state index is 12.4. The first-order valence-electron chi connectivity index (χ1n) is 10.1. The fourth-order valence-electron chi connectivity index (χ4n) is 4.88. The van der Waals surface area contributed by atoms with E-state index < -0.39 is 0 Å². The highest BCUT2D eigenvalue weighted by Crippen LogP contribution is 2.38. The lowest BCUT2D eigenvalue weighted by atomic mass is 10.0. The van der Waals surface area contributed by atoms with Crippen molar-refractivity contribution < 1.29 is 14.6 Å². The van der Waals surface area contributed by atoms with E-state index in [4.69, 9.17) is 4.74 Å². The second-order valence-corrected chi connectivity index (χ2v) is 8.18. The molecule has 1 aromatic rings.